The van der Waals surface area contributed by atoms with Crippen molar-refractivity contribution in [2.24, 2.45) is 0 Å². The number of hydrogen-bond donors (Lipinski definition) is 1. The average molecular weight is 303 g/mol. The third kappa shape index (κ3) is 4.56. The van der Waals surface area contributed by atoms with Gasteiger partial charge in [-0.1, -0.05) is 17.7 Å². The standard InChI is InChI=1S/C17H25N3O2/c1-13-5-6-15(14(2)11-13)18-16(21)12-17(22)20-8-4-7-19(3)9-10-20/h5-6,11H,4,7-10,12H2,1-3H3,(H,18,21). The van der Waals surface area contributed by atoms with Crippen molar-refractivity contribution in [3.8, 4) is 0 Å². The molecular weight excluding hydrogens is 278 g/mol. The first-order valence-corrected chi connectivity index (χ1v) is 7.79. The topological polar surface area (TPSA) is 52.7 Å². The lowest BCUT2D eigenvalue weighted by Crippen LogP contribution is -2.36. The van der Waals surface area contributed by atoms with Crippen molar-refractivity contribution in [1.29, 1.82) is 0 Å². The number of carbonyl (C=O) groups excluding carboxylic acids is 2. The molecule has 0 unspecified atom stereocenters. The maximum atomic E-state index is 12.2. The molecule has 1 aliphatic heterocycles. The predicted octanol–water partition coefficient (Wildman–Crippen LogP) is 1.80. The van der Waals surface area contributed by atoms with Crippen LogP contribution in [0.5, 0.6) is 0 Å². The quantitative estimate of drug-likeness (QED) is 0.866. The van der Waals surface area contributed by atoms with Gasteiger partial charge in [-0.3, -0.25) is 9.59 Å². The summed E-state index contributed by atoms with van der Waals surface area (Å²) in [6.07, 6.45) is 0.873. The number of likely N-dealkylation sites (N-methyl/N-ethyl adjacent to an activating group) is 1. The lowest BCUT2D eigenvalue weighted by atomic mass is 10.1. The van der Waals surface area contributed by atoms with Gasteiger partial charge in [0, 0.05) is 25.3 Å². The van der Waals surface area contributed by atoms with Crippen molar-refractivity contribution in [3.63, 3.8) is 0 Å². The Morgan fingerprint density at radius 3 is 2.64 bits per heavy atom. The minimum absolute atomic E-state index is 0.0856. The molecular formula is C17H25N3O2. The van der Waals surface area contributed by atoms with Crippen molar-refractivity contribution in [1.82, 2.24) is 9.80 Å². The fourth-order valence-electron chi connectivity index (χ4n) is 2.69. The molecule has 1 aromatic carbocycles. The van der Waals surface area contributed by atoms with Gasteiger partial charge in [-0.15, -0.1) is 0 Å². The number of benzene rings is 1. The Labute approximate surface area is 132 Å². The molecule has 2 amide bonds. The molecule has 5 heteroatoms. The van der Waals surface area contributed by atoms with Crippen molar-refractivity contribution < 1.29 is 9.59 Å². The second-order valence-corrected chi connectivity index (χ2v) is 6.08. The lowest BCUT2D eigenvalue weighted by molar-refractivity contribution is -0.134. The molecule has 0 aromatic heterocycles. The van der Waals surface area contributed by atoms with Gasteiger partial charge in [0.2, 0.25) is 11.8 Å². The maximum Gasteiger partial charge on any atom is 0.233 e. The van der Waals surface area contributed by atoms with E-state index in [1.807, 2.05) is 32.0 Å². The molecule has 0 radical (unpaired) electrons. The van der Waals surface area contributed by atoms with Gasteiger partial charge in [0.05, 0.1) is 0 Å². The molecule has 1 aliphatic rings. The van der Waals surface area contributed by atoms with E-state index >= 15 is 0 Å². The Bertz CT molecular complexity index is 557. The zero-order chi connectivity index (χ0) is 16.1. The summed E-state index contributed by atoms with van der Waals surface area (Å²) in [6.45, 7) is 7.27. The zero-order valence-corrected chi connectivity index (χ0v) is 13.7. The van der Waals surface area contributed by atoms with Gasteiger partial charge in [0.15, 0.2) is 0 Å². The zero-order valence-electron chi connectivity index (χ0n) is 13.7. The summed E-state index contributed by atoms with van der Waals surface area (Å²) in [5.74, 6) is -0.327. The molecule has 0 bridgehead atoms. The van der Waals surface area contributed by atoms with E-state index in [1.165, 1.54) is 0 Å². The van der Waals surface area contributed by atoms with Gasteiger partial charge < -0.3 is 15.1 Å². The highest BCUT2D eigenvalue weighted by molar-refractivity contribution is 6.03. The molecule has 1 fully saturated rings. The minimum Gasteiger partial charge on any atom is -0.341 e. The van der Waals surface area contributed by atoms with Crippen LogP contribution in [-0.2, 0) is 9.59 Å². The lowest BCUT2D eigenvalue weighted by Gasteiger charge is -2.20. The monoisotopic (exact) mass is 303 g/mol. The summed E-state index contributed by atoms with van der Waals surface area (Å²) in [4.78, 5) is 28.3. The first-order valence-electron chi connectivity index (χ1n) is 7.79. The molecule has 1 aromatic rings. The van der Waals surface area contributed by atoms with Crippen molar-refractivity contribution in [2.75, 3.05) is 38.5 Å². The molecule has 1 saturated heterocycles. The number of amides is 2. The van der Waals surface area contributed by atoms with E-state index in [2.05, 4.69) is 17.3 Å². The number of nitrogens with zero attached hydrogens (tertiary/aromatic N) is 2. The van der Waals surface area contributed by atoms with Gasteiger partial charge in [-0.05, 0) is 45.5 Å². The number of aryl methyl sites for hydroxylation is 2. The van der Waals surface area contributed by atoms with Crippen LogP contribution >= 0.6 is 0 Å². The van der Waals surface area contributed by atoms with E-state index in [4.69, 9.17) is 0 Å². The van der Waals surface area contributed by atoms with Crippen LogP contribution in [-0.4, -0.2) is 54.8 Å². The van der Waals surface area contributed by atoms with Crippen LogP contribution in [0.25, 0.3) is 0 Å². The van der Waals surface area contributed by atoms with Crippen LogP contribution in [0.15, 0.2) is 18.2 Å². The number of anilines is 1. The van der Waals surface area contributed by atoms with Crippen LogP contribution in [0.4, 0.5) is 5.69 Å². The van der Waals surface area contributed by atoms with Crippen LogP contribution in [0.1, 0.15) is 24.0 Å². The largest absolute Gasteiger partial charge is 0.341 e. The van der Waals surface area contributed by atoms with Crippen molar-refractivity contribution in [3.05, 3.63) is 29.3 Å². The van der Waals surface area contributed by atoms with Crippen molar-refractivity contribution in [2.45, 2.75) is 26.7 Å². The summed E-state index contributed by atoms with van der Waals surface area (Å²) in [5, 5.41) is 2.83. The van der Waals surface area contributed by atoms with Gasteiger partial charge in [-0.2, -0.15) is 0 Å². The van der Waals surface area contributed by atoms with Gasteiger partial charge in [0.25, 0.3) is 0 Å². The van der Waals surface area contributed by atoms with Crippen molar-refractivity contribution >= 4 is 17.5 Å². The molecule has 1 heterocycles. The van der Waals surface area contributed by atoms with E-state index in [9.17, 15) is 9.59 Å². The highest BCUT2D eigenvalue weighted by Gasteiger charge is 2.20. The van der Waals surface area contributed by atoms with Gasteiger partial charge in [-0.25, -0.2) is 0 Å². The number of hydrogen-bond acceptors (Lipinski definition) is 3. The number of nitrogens with one attached hydrogen (secondary N) is 1. The smallest absolute Gasteiger partial charge is 0.233 e. The van der Waals surface area contributed by atoms with Crippen LogP contribution in [0.2, 0.25) is 0 Å². The molecule has 5 nitrogen and oxygen atoms in total. The molecule has 22 heavy (non-hydrogen) atoms. The Hall–Kier alpha value is -1.88. The third-order valence-electron chi connectivity index (χ3n) is 4.04. The molecule has 0 spiro atoms. The summed E-state index contributed by atoms with van der Waals surface area (Å²) >= 11 is 0. The first-order chi connectivity index (χ1) is 10.5. The summed E-state index contributed by atoms with van der Waals surface area (Å²) in [7, 11) is 2.06. The van der Waals surface area contributed by atoms with E-state index in [-0.39, 0.29) is 18.2 Å². The van der Waals surface area contributed by atoms with E-state index < -0.39 is 0 Å². The van der Waals surface area contributed by atoms with E-state index in [0.29, 0.717) is 6.54 Å². The normalized spacial score (nSPS) is 16.2. The Morgan fingerprint density at radius 2 is 1.91 bits per heavy atom. The Balaban J connectivity index is 1.89. The van der Waals surface area contributed by atoms with Gasteiger partial charge in [0.1, 0.15) is 6.42 Å². The average Bonchev–Trinajstić information content (AvgIpc) is 2.67. The molecule has 1 N–H and O–H groups in total. The highest BCUT2D eigenvalue weighted by atomic mass is 16.2. The Kier molecular flexibility index (Phi) is 5.55. The SMILES string of the molecule is Cc1ccc(NC(=O)CC(=O)N2CCCN(C)CC2)c(C)c1. The van der Waals surface area contributed by atoms with Gasteiger partial charge >= 0.3 is 0 Å². The summed E-state index contributed by atoms with van der Waals surface area (Å²) < 4.78 is 0. The predicted molar refractivity (Wildman–Crippen MR) is 87.9 cm³/mol. The fraction of sp³-hybridized carbons (Fsp3) is 0.529. The summed E-state index contributed by atoms with van der Waals surface area (Å²) in [6, 6.07) is 5.85. The maximum absolute atomic E-state index is 12.2. The Morgan fingerprint density at radius 1 is 1.14 bits per heavy atom. The van der Waals surface area contributed by atoms with E-state index in [0.717, 1.165) is 42.9 Å². The van der Waals surface area contributed by atoms with Crippen LogP contribution in [0.3, 0.4) is 0 Å². The first kappa shape index (κ1) is 16.5. The second kappa shape index (κ2) is 7.40. The molecule has 120 valence electrons. The second-order valence-electron chi connectivity index (χ2n) is 6.08. The van der Waals surface area contributed by atoms with E-state index in [1.54, 1.807) is 4.90 Å². The summed E-state index contributed by atoms with van der Waals surface area (Å²) in [5.41, 5.74) is 2.94. The molecule has 2 rings (SSSR count). The minimum atomic E-state index is -0.241. The number of carbonyl (C=O) groups is 2. The molecule has 0 saturated carbocycles. The van der Waals surface area contributed by atoms with Crippen LogP contribution in [0, 0.1) is 13.8 Å². The fourth-order valence-corrected chi connectivity index (χ4v) is 2.69. The highest BCUT2D eigenvalue weighted by Crippen LogP contribution is 2.16. The molecule has 0 atom stereocenters. The number of rotatable bonds is 3. The van der Waals surface area contributed by atoms with Crippen LogP contribution < -0.4 is 5.32 Å². The third-order valence-corrected chi connectivity index (χ3v) is 4.04. The molecule has 0 aliphatic carbocycles.